The van der Waals surface area contributed by atoms with Crippen molar-refractivity contribution >= 4 is 11.0 Å². The predicted molar refractivity (Wildman–Crippen MR) is 74.4 cm³/mol. The van der Waals surface area contributed by atoms with Gasteiger partial charge < -0.3 is 14.4 Å². The molecule has 0 aliphatic heterocycles. The van der Waals surface area contributed by atoms with Crippen LogP contribution in [0.15, 0.2) is 42.5 Å². The molecule has 0 saturated heterocycles. The van der Waals surface area contributed by atoms with Crippen LogP contribution in [0.1, 0.15) is 0 Å². The fourth-order valence-electron chi connectivity index (χ4n) is 2.21. The molecule has 0 atom stereocenters. The molecule has 1 heterocycles. The molecule has 0 aliphatic rings. The van der Waals surface area contributed by atoms with Crippen molar-refractivity contribution < 1.29 is 9.84 Å². The normalized spacial score (nSPS) is 10.8. The molecule has 96 valence electrons. The van der Waals surface area contributed by atoms with E-state index in [2.05, 4.69) is 4.98 Å². The molecule has 0 radical (unpaired) electrons. The summed E-state index contributed by atoms with van der Waals surface area (Å²) in [4.78, 5) is 4.57. The first-order valence-electron chi connectivity index (χ1n) is 5.99. The Balaban J connectivity index is 2.27. The van der Waals surface area contributed by atoms with Crippen molar-refractivity contribution in [3.63, 3.8) is 0 Å². The number of aromatic nitrogens is 2. The van der Waals surface area contributed by atoms with Crippen molar-refractivity contribution in [3.05, 3.63) is 42.5 Å². The molecule has 0 aliphatic carbocycles. The van der Waals surface area contributed by atoms with Crippen LogP contribution in [0.5, 0.6) is 11.5 Å². The van der Waals surface area contributed by atoms with E-state index in [0.717, 1.165) is 16.9 Å². The molecule has 0 saturated carbocycles. The van der Waals surface area contributed by atoms with Crippen LogP contribution in [-0.4, -0.2) is 21.8 Å². The smallest absolute Gasteiger partial charge is 0.144 e. The van der Waals surface area contributed by atoms with Crippen molar-refractivity contribution in [2.45, 2.75) is 0 Å². The molecule has 1 aromatic heterocycles. The van der Waals surface area contributed by atoms with E-state index in [1.807, 2.05) is 35.9 Å². The second kappa shape index (κ2) is 4.31. The van der Waals surface area contributed by atoms with Crippen molar-refractivity contribution in [1.82, 2.24) is 9.55 Å². The van der Waals surface area contributed by atoms with Gasteiger partial charge in [-0.15, -0.1) is 0 Å². The molecular formula is C15H14N2O2. The Hall–Kier alpha value is -2.49. The maximum Gasteiger partial charge on any atom is 0.144 e. The third-order valence-electron chi connectivity index (χ3n) is 3.23. The van der Waals surface area contributed by atoms with Crippen molar-refractivity contribution in [1.29, 1.82) is 0 Å². The van der Waals surface area contributed by atoms with Gasteiger partial charge in [-0.25, -0.2) is 4.98 Å². The standard InChI is InChI=1S/C15H14N2O2/c1-17-13-6-4-3-5-12(13)16-15(17)11-9-10(19-2)7-8-14(11)18/h3-9,18H,1-2H3. The van der Waals surface area contributed by atoms with Crippen LogP contribution in [0.4, 0.5) is 0 Å². The summed E-state index contributed by atoms with van der Waals surface area (Å²) in [6, 6.07) is 13.0. The SMILES string of the molecule is COc1ccc(O)c(-c2nc3ccccc3n2C)c1. The number of hydrogen-bond donors (Lipinski definition) is 1. The van der Waals surface area contributed by atoms with Crippen LogP contribution in [0.25, 0.3) is 22.4 Å². The van der Waals surface area contributed by atoms with Gasteiger partial charge in [0.1, 0.15) is 17.3 Å². The van der Waals surface area contributed by atoms with Crippen LogP contribution in [0, 0.1) is 0 Å². The van der Waals surface area contributed by atoms with Crippen molar-refractivity contribution in [2.24, 2.45) is 7.05 Å². The summed E-state index contributed by atoms with van der Waals surface area (Å²) in [5, 5.41) is 10.0. The number of methoxy groups -OCH3 is 1. The number of imidazole rings is 1. The van der Waals surface area contributed by atoms with E-state index in [0.29, 0.717) is 11.3 Å². The lowest BCUT2D eigenvalue weighted by Crippen LogP contribution is -1.93. The Morgan fingerprint density at radius 3 is 2.68 bits per heavy atom. The molecule has 4 heteroatoms. The van der Waals surface area contributed by atoms with E-state index in [9.17, 15) is 5.11 Å². The number of hydrogen-bond acceptors (Lipinski definition) is 3. The molecule has 3 rings (SSSR count). The summed E-state index contributed by atoms with van der Waals surface area (Å²) in [5.74, 6) is 1.61. The zero-order valence-electron chi connectivity index (χ0n) is 10.8. The molecular weight excluding hydrogens is 240 g/mol. The minimum atomic E-state index is 0.194. The van der Waals surface area contributed by atoms with Gasteiger partial charge in [-0.2, -0.15) is 0 Å². The Bertz CT molecular complexity index is 747. The minimum absolute atomic E-state index is 0.194. The summed E-state index contributed by atoms with van der Waals surface area (Å²) >= 11 is 0. The Morgan fingerprint density at radius 1 is 1.16 bits per heavy atom. The third-order valence-corrected chi connectivity index (χ3v) is 3.23. The van der Waals surface area contributed by atoms with E-state index in [4.69, 9.17) is 4.74 Å². The maximum absolute atomic E-state index is 10.0. The highest BCUT2D eigenvalue weighted by molar-refractivity contribution is 5.82. The lowest BCUT2D eigenvalue weighted by molar-refractivity contribution is 0.412. The Morgan fingerprint density at radius 2 is 1.95 bits per heavy atom. The number of rotatable bonds is 2. The zero-order chi connectivity index (χ0) is 13.4. The Labute approximate surface area is 110 Å². The largest absolute Gasteiger partial charge is 0.507 e. The number of para-hydroxylation sites is 2. The quantitative estimate of drug-likeness (QED) is 0.764. The summed E-state index contributed by atoms with van der Waals surface area (Å²) in [7, 11) is 3.54. The first-order valence-corrected chi connectivity index (χ1v) is 5.99. The second-order valence-electron chi connectivity index (χ2n) is 4.37. The minimum Gasteiger partial charge on any atom is -0.507 e. The van der Waals surface area contributed by atoms with Crippen molar-refractivity contribution in [2.75, 3.05) is 7.11 Å². The average Bonchev–Trinajstić information content (AvgIpc) is 2.77. The number of nitrogens with zero attached hydrogens (tertiary/aromatic N) is 2. The van der Waals surface area contributed by atoms with Gasteiger partial charge in [-0.3, -0.25) is 0 Å². The lowest BCUT2D eigenvalue weighted by atomic mass is 10.2. The van der Waals surface area contributed by atoms with E-state index in [1.54, 1.807) is 25.3 Å². The molecule has 1 N–H and O–H groups in total. The summed E-state index contributed by atoms with van der Waals surface area (Å²) in [6.45, 7) is 0. The highest BCUT2D eigenvalue weighted by Gasteiger charge is 2.13. The Kier molecular flexibility index (Phi) is 2.63. The highest BCUT2D eigenvalue weighted by atomic mass is 16.5. The molecule has 0 amide bonds. The van der Waals surface area contributed by atoms with Crippen LogP contribution in [0.2, 0.25) is 0 Å². The number of phenolic OH excluding ortho intramolecular Hbond substituents is 1. The molecule has 0 spiro atoms. The number of phenols is 1. The van der Waals surface area contributed by atoms with Gasteiger partial charge in [-0.1, -0.05) is 12.1 Å². The number of aromatic hydroxyl groups is 1. The van der Waals surface area contributed by atoms with Gasteiger partial charge in [0.2, 0.25) is 0 Å². The molecule has 0 bridgehead atoms. The molecule has 19 heavy (non-hydrogen) atoms. The van der Waals surface area contributed by atoms with E-state index in [-0.39, 0.29) is 5.75 Å². The van der Waals surface area contributed by atoms with Gasteiger partial charge in [0, 0.05) is 7.05 Å². The molecule has 2 aromatic carbocycles. The first-order chi connectivity index (χ1) is 9.20. The van der Waals surface area contributed by atoms with Gasteiger partial charge in [0.25, 0.3) is 0 Å². The lowest BCUT2D eigenvalue weighted by Gasteiger charge is -2.07. The molecule has 0 fully saturated rings. The third kappa shape index (κ3) is 1.81. The topological polar surface area (TPSA) is 47.3 Å². The fraction of sp³-hybridized carbons (Fsp3) is 0.133. The number of fused-ring (bicyclic) bond motifs is 1. The van der Waals surface area contributed by atoms with E-state index >= 15 is 0 Å². The number of benzene rings is 2. The van der Waals surface area contributed by atoms with Crippen LogP contribution >= 0.6 is 0 Å². The monoisotopic (exact) mass is 254 g/mol. The first kappa shape index (κ1) is 11.6. The van der Waals surface area contributed by atoms with E-state index in [1.165, 1.54) is 0 Å². The van der Waals surface area contributed by atoms with E-state index < -0.39 is 0 Å². The number of ether oxygens (including phenoxy) is 1. The summed E-state index contributed by atoms with van der Waals surface area (Å²) in [5.41, 5.74) is 2.60. The average molecular weight is 254 g/mol. The van der Waals surface area contributed by atoms with Gasteiger partial charge in [-0.05, 0) is 30.3 Å². The van der Waals surface area contributed by atoms with Crippen LogP contribution in [0.3, 0.4) is 0 Å². The highest BCUT2D eigenvalue weighted by Crippen LogP contribution is 2.33. The predicted octanol–water partition coefficient (Wildman–Crippen LogP) is 2.95. The van der Waals surface area contributed by atoms with Gasteiger partial charge in [0.15, 0.2) is 0 Å². The molecule has 3 aromatic rings. The zero-order valence-corrected chi connectivity index (χ0v) is 10.8. The summed E-state index contributed by atoms with van der Waals surface area (Å²) < 4.78 is 7.16. The summed E-state index contributed by atoms with van der Waals surface area (Å²) in [6.07, 6.45) is 0. The number of aryl methyl sites for hydroxylation is 1. The van der Waals surface area contributed by atoms with Crippen molar-refractivity contribution in [3.8, 4) is 22.9 Å². The fourth-order valence-corrected chi connectivity index (χ4v) is 2.21. The van der Waals surface area contributed by atoms with Gasteiger partial charge >= 0.3 is 0 Å². The second-order valence-corrected chi connectivity index (χ2v) is 4.37. The molecule has 4 nitrogen and oxygen atoms in total. The van der Waals surface area contributed by atoms with Gasteiger partial charge in [0.05, 0.1) is 23.7 Å². The molecule has 0 unspecified atom stereocenters. The van der Waals surface area contributed by atoms with Crippen LogP contribution in [-0.2, 0) is 7.05 Å². The maximum atomic E-state index is 10.0. The van der Waals surface area contributed by atoms with Crippen LogP contribution < -0.4 is 4.74 Å².